The van der Waals surface area contributed by atoms with Crippen LogP contribution in [0.5, 0.6) is 5.88 Å². The van der Waals surface area contributed by atoms with E-state index in [-0.39, 0.29) is 6.54 Å². The van der Waals surface area contributed by atoms with E-state index in [0.29, 0.717) is 17.6 Å². The minimum absolute atomic E-state index is 0.233. The summed E-state index contributed by atoms with van der Waals surface area (Å²) in [6, 6.07) is 3.53. The van der Waals surface area contributed by atoms with Crippen LogP contribution in [0.25, 0.3) is 11.4 Å². The monoisotopic (exact) mass is 206 g/mol. The minimum Gasteiger partial charge on any atom is -0.481 e. The molecule has 0 saturated heterocycles. The van der Waals surface area contributed by atoms with Crippen molar-refractivity contribution in [3.8, 4) is 17.3 Å². The van der Waals surface area contributed by atoms with E-state index < -0.39 is 0 Å². The molecule has 2 aromatic heterocycles. The Kier molecular flexibility index (Phi) is 2.59. The standard InChI is InChI=1S/C9H10N4O2/c1-14-7-3-2-6(5-11-7)9-12-8(4-10)15-13-9/h2-3,5H,4,10H2,1H3. The molecule has 0 aromatic carbocycles. The molecule has 6 heteroatoms. The molecule has 0 unspecified atom stereocenters. The summed E-state index contributed by atoms with van der Waals surface area (Å²) in [5.41, 5.74) is 6.12. The Labute approximate surface area is 86.1 Å². The first kappa shape index (κ1) is 9.60. The Morgan fingerprint density at radius 3 is 2.87 bits per heavy atom. The van der Waals surface area contributed by atoms with Gasteiger partial charge in [0.1, 0.15) is 0 Å². The lowest BCUT2D eigenvalue weighted by molar-refractivity contribution is 0.380. The first-order chi connectivity index (χ1) is 7.33. The Bertz CT molecular complexity index is 438. The zero-order valence-corrected chi connectivity index (χ0v) is 8.17. The fourth-order valence-electron chi connectivity index (χ4n) is 1.09. The second-order valence-corrected chi connectivity index (χ2v) is 2.81. The van der Waals surface area contributed by atoms with Gasteiger partial charge in [-0.15, -0.1) is 0 Å². The molecule has 15 heavy (non-hydrogen) atoms. The minimum atomic E-state index is 0.233. The molecule has 0 amide bonds. The molecule has 0 aliphatic carbocycles. The van der Waals surface area contributed by atoms with Crippen LogP contribution in [0.15, 0.2) is 22.9 Å². The third-order valence-corrected chi connectivity index (χ3v) is 1.85. The van der Waals surface area contributed by atoms with Crippen LogP contribution in [0.3, 0.4) is 0 Å². The molecule has 0 spiro atoms. The predicted octanol–water partition coefficient (Wildman–Crippen LogP) is 0.599. The van der Waals surface area contributed by atoms with E-state index in [1.54, 1.807) is 25.4 Å². The molecule has 2 rings (SSSR count). The van der Waals surface area contributed by atoms with Crippen LogP contribution in [0.2, 0.25) is 0 Å². The number of methoxy groups -OCH3 is 1. The Balaban J connectivity index is 2.28. The van der Waals surface area contributed by atoms with Gasteiger partial charge in [-0.05, 0) is 6.07 Å². The maximum absolute atomic E-state index is 5.36. The molecule has 2 N–H and O–H groups in total. The van der Waals surface area contributed by atoms with Crippen LogP contribution in [-0.4, -0.2) is 22.2 Å². The fraction of sp³-hybridized carbons (Fsp3) is 0.222. The van der Waals surface area contributed by atoms with Gasteiger partial charge in [-0.25, -0.2) is 4.98 Å². The van der Waals surface area contributed by atoms with Crippen molar-refractivity contribution in [3.63, 3.8) is 0 Å². The van der Waals surface area contributed by atoms with Crippen molar-refractivity contribution in [1.82, 2.24) is 15.1 Å². The average molecular weight is 206 g/mol. The van der Waals surface area contributed by atoms with Crippen molar-refractivity contribution in [2.45, 2.75) is 6.54 Å². The van der Waals surface area contributed by atoms with Gasteiger partial charge in [0.05, 0.1) is 13.7 Å². The van der Waals surface area contributed by atoms with Gasteiger partial charge in [-0.2, -0.15) is 4.98 Å². The van der Waals surface area contributed by atoms with E-state index in [9.17, 15) is 0 Å². The second kappa shape index (κ2) is 4.05. The summed E-state index contributed by atoms with van der Waals surface area (Å²) in [4.78, 5) is 8.10. The van der Waals surface area contributed by atoms with Gasteiger partial charge in [-0.1, -0.05) is 5.16 Å². The van der Waals surface area contributed by atoms with Crippen LogP contribution in [0.4, 0.5) is 0 Å². The predicted molar refractivity (Wildman–Crippen MR) is 52.0 cm³/mol. The van der Waals surface area contributed by atoms with Gasteiger partial charge in [0, 0.05) is 17.8 Å². The molecule has 0 radical (unpaired) electrons. The third-order valence-electron chi connectivity index (χ3n) is 1.85. The van der Waals surface area contributed by atoms with Gasteiger partial charge >= 0.3 is 0 Å². The molecule has 0 saturated carbocycles. The van der Waals surface area contributed by atoms with E-state index in [1.807, 2.05) is 0 Å². The molecule has 0 aliphatic rings. The summed E-state index contributed by atoms with van der Waals surface area (Å²) >= 11 is 0. The second-order valence-electron chi connectivity index (χ2n) is 2.81. The maximum atomic E-state index is 5.36. The normalized spacial score (nSPS) is 10.3. The highest BCUT2D eigenvalue weighted by atomic mass is 16.5. The van der Waals surface area contributed by atoms with Gasteiger partial charge in [-0.3, -0.25) is 0 Å². The summed E-state index contributed by atoms with van der Waals surface area (Å²) in [7, 11) is 1.56. The van der Waals surface area contributed by atoms with Crippen molar-refractivity contribution in [3.05, 3.63) is 24.2 Å². The van der Waals surface area contributed by atoms with E-state index in [1.165, 1.54) is 0 Å². The van der Waals surface area contributed by atoms with Crippen LogP contribution >= 0.6 is 0 Å². The molecule has 2 aromatic rings. The van der Waals surface area contributed by atoms with Crippen LogP contribution in [0, 0.1) is 0 Å². The van der Waals surface area contributed by atoms with E-state index in [0.717, 1.165) is 5.56 Å². The van der Waals surface area contributed by atoms with Gasteiger partial charge in [0.25, 0.3) is 0 Å². The Hall–Kier alpha value is -1.95. The van der Waals surface area contributed by atoms with E-state index in [2.05, 4.69) is 15.1 Å². The lowest BCUT2D eigenvalue weighted by Gasteiger charge is -1.97. The molecule has 6 nitrogen and oxygen atoms in total. The number of aromatic nitrogens is 3. The number of rotatable bonds is 3. The van der Waals surface area contributed by atoms with Crippen LogP contribution < -0.4 is 10.5 Å². The molecule has 78 valence electrons. The zero-order valence-electron chi connectivity index (χ0n) is 8.17. The quantitative estimate of drug-likeness (QED) is 0.791. The topological polar surface area (TPSA) is 87.1 Å². The van der Waals surface area contributed by atoms with Gasteiger partial charge in [0.15, 0.2) is 0 Å². The summed E-state index contributed by atoms with van der Waals surface area (Å²) in [5.74, 6) is 1.42. The number of hydrogen-bond donors (Lipinski definition) is 1. The molecule has 0 fully saturated rings. The van der Waals surface area contributed by atoms with Crippen molar-refractivity contribution in [1.29, 1.82) is 0 Å². The lowest BCUT2D eigenvalue weighted by Crippen LogP contribution is -1.95. The molecule has 0 aliphatic heterocycles. The molecule has 2 heterocycles. The van der Waals surface area contributed by atoms with Crippen LogP contribution in [-0.2, 0) is 6.54 Å². The van der Waals surface area contributed by atoms with E-state index >= 15 is 0 Å². The fourth-order valence-corrected chi connectivity index (χ4v) is 1.09. The molecular weight excluding hydrogens is 196 g/mol. The smallest absolute Gasteiger partial charge is 0.240 e. The number of pyridine rings is 1. The number of hydrogen-bond acceptors (Lipinski definition) is 6. The van der Waals surface area contributed by atoms with Crippen molar-refractivity contribution >= 4 is 0 Å². The maximum Gasteiger partial charge on any atom is 0.240 e. The largest absolute Gasteiger partial charge is 0.481 e. The molecular formula is C9H10N4O2. The molecule has 0 bridgehead atoms. The van der Waals surface area contributed by atoms with Crippen molar-refractivity contribution in [2.24, 2.45) is 5.73 Å². The summed E-state index contributed by atoms with van der Waals surface area (Å²) in [5, 5.41) is 3.77. The average Bonchev–Trinajstić information content (AvgIpc) is 2.78. The number of ether oxygens (including phenoxy) is 1. The lowest BCUT2D eigenvalue weighted by atomic mass is 10.3. The first-order valence-corrected chi connectivity index (χ1v) is 4.36. The van der Waals surface area contributed by atoms with Gasteiger partial charge in [0.2, 0.25) is 17.6 Å². The highest BCUT2D eigenvalue weighted by molar-refractivity contribution is 5.52. The summed E-state index contributed by atoms with van der Waals surface area (Å²) in [6.07, 6.45) is 1.62. The Morgan fingerprint density at radius 1 is 1.47 bits per heavy atom. The number of nitrogens with two attached hydrogens (primary N) is 1. The first-order valence-electron chi connectivity index (χ1n) is 4.36. The summed E-state index contributed by atoms with van der Waals surface area (Å²) < 4.78 is 9.82. The number of nitrogens with zero attached hydrogens (tertiary/aromatic N) is 3. The SMILES string of the molecule is COc1ccc(-c2noc(CN)n2)cn1. The molecule has 0 atom stereocenters. The van der Waals surface area contributed by atoms with Crippen LogP contribution in [0.1, 0.15) is 5.89 Å². The van der Waals surface area contributed by atoms with Crippen molar-refractivity contribution < 1.29 is 9.26 Å². The summed E-state index contributed by atoms with van der Waals surface area (Å²) in [6.45, 7) is 0.233. The Morgan fingerprint density at radius 2 is 2.33 bits per heavy atom. The van der Waals surface area contributed by atoms with Crippen molar-refractivity contribution in [2.75, 3.05) is 7.11 Å². The van der Waals surface area contributed by atoms with Gasteiger partial charge < -0.3 is 15.0 Å². The highest BCUT2D eigenvalue weighted by Gasteiger charge is 2.07. The van der Waals surface area contributed by atoms with E-state index in [4.69, 9.17) is 15.0 Å². The zero-order chi connectivity index (χ0) is 10.7. The third kappa shape index (κ3) is 1.94. The highest BCUT2D eigenvalue weighted by Crippen LogP contribution is 2.16.